The molecule has 0 fully saturated rings. The maximum absolute atomic E-state index is 3.76. The Bertz CT molecular complexity index is 187. The molecular formula is C11H18S. The van der Waals surface area contributed by atoms with Gasteiger partial charge >= 0.3 is 0 Å². The lowest BCUT2D eigenvalue weighted by Gasteiger charge is -1.92. The maximum Gasteiger partial charge on any atom is 0.00984 e. The third-order valence-corrected chi connectivity index (χ3v) is 2.65. The Balaban J connectivity index is 0.000000561. The van der Waals surface area contributed by atoms with Crippen LogP contribution in [0.4, 0.5) is 0 Å². The van der Waals surface area contributed by atoms with Crippen LogP contribution in [-0.4, -0.2) is 5.75 Å². The van der Waals surface area contributed by atoms with Gasteiger partial charge in [-0.25, -0.2) is 0 Å². The largest absolute Gasteiger partial charge is 0.126 e. The highest BCUT2D eigenvalue weighted by molar-refractivity contribution is 8.03. The summed E-state index contributed by atoms with van der Waals surface area (Å²) in [7, 11) is 0. The van der Waals surface area contributed by atoms with Crippen molar-refractivity contribution in [3.05, 3.63) is 35.3 Å². The van der Waals surface area contributed by atoms with E-state index in [0.29, 0.717) is 0 Å². The van der Waals surface area contributed by atoms with Gasteiger partial charge in [0.15, 0.2) is 0 Å². The molecule has 0 radical (unpaired) electrons. The Kier molecular flexibility index (Phi) is 6.97. The SMILES string of the molecule is C=CC1=C(/C=C\C)CCS1.CC. The van der Waals surface area contributed by atoms with Crippen LogP contribution in [0, 0.1) is 0 Å². The first-order valence-corrected chi connectivity index (χ1v) is 5.48. The van der Waals surface area contributed by atoms with Gasteiger partial charge in [0.1, 0.15) is 0 Å². The Morgan fingerprint density at radius 3 is 2.58 bits per heavy atom. The second-order valence-electron chi connectivity index (χ2n) is 2.19. The molecular weight excluding hydrogens is 164 g/mol. The molecule has 1 rings (SSSR count). The van der Waals surface area contributed by atoms with Crippen LogP contribution in [0.2, 0.25) is 0 Å². The number of rotatable bonds is 2. The smallest absolute Gasteiger partial charge is 0.00984 e. The standard InChI is InChI=1S/C9H12S.C2H6/c1-3-5-8-6-7-10-9(8)4-2;1-2/h3-5H,2,6-7H2,1H3;1-2H3/b5-3-;. The van der Waals surface area contributed by atoms with Crippen molar-refractivity contribution >= 4 is 11.8 Å². The number of thioether (sulfide) groups is 1. The van der Waals surface area contributed by atoms with Crippen LogP contribution in [0.3, 0.4) is 0 Å². The van der Waals surface area contributed by atoms with Crippen LogP contribution in [0.15, 0.2) is 35.3 Å². The summed E-state index contributed by atoms with van der Waals surface area (Å²) < 4.78 is 0. The second-order valence-corrected chi connectivity index (χ2v) is 3.33. The maximum atomic E-state index is 3.76. The van der Waals surface area contributed by atoms with E-state index in [4.69, 9.17) is 0 Å². The molecule has 0 saturated carbocycles. The molecule has 1 aliphatic heterocycles. The molecule has 0 amide bonds. The molecule has 0 aliphatic carbocycles. The lowest BCUT2D eigenvalue weighted by molar-refractivity contribution is 1.19. The minimum Gasteiger partial charge on any atom is -0.126 e. The minimum atomic E-state index is 1.20. The summed E-state index contributed by atoms with van der Waals surface area (Å²) >= 11 is 1.90. The molecule has 1 aliphatic rings. The van der Waals surface area contributed by atoms with E-state index in [2.05, 4.69) is 25.7 Å². The number of hydrogen-bond donors (Lipinski definition) is 0. The van der Waals surface area contributed by atoms with Crippen molar-refractivity contribution < 1.29 is 0 Å². The Hall–Kier alpha value is -0.430. The number of hydrogen-bond acceptors (Lipinski definition) is 1. The van der Waals surface area contributed by atoms with Gasteiger partial charge < -0.3 is 0 Å². The van der Waals surface area contributed by atoms with Crippen molar-refractivity contribution in [1.82, 2.24) is 0 Å². The molecule has 0 aromatic rings. The van der Waals surface area contributed by atoms with E-state index in [1.807, 2.05) is 31.7 Å². The van der Waals surface area contributed by atoms with Crippen LogP contribution >= 0.6 is 11.8 Å². The zero-order valence-corrected chi connectivity index (χ0v) is 9.08. The molecule has 1 heterocycles. The fourth-order valence-corrected chi connectivity index (χ4v) is 2.06. The highest BCUT2D eigenvalue weighted by Crippen LogP contribution is 2.32. The van der Waals surface area contributed by atoms with E-state index in [1.165, 1.54) is 22.7 Å². The van der Waals surface area contributed by atoms with Crippen LogP contribution in [0.5, 0.6) is 0 Å². The van der Waals surface area contributed by atoms with Crippen LogP contribution in [-0.2, 0) is 0 Å². The van der Waals surface area contributed by atoms with Crippen molar-refractivity contribution in [2.45, 2.75) is 27.2 Å². The minimum absolute atomic E-state index is 1.20. The fraction of sp³-hybridized carbons (Fsp3) is 0.455. The molecule has 1 heteroatoms. The lowest BCUT2D eigenvalue weighted by atomic mass is 10.2. The van der Waals surface area contributed by atoms with Crippen LogP contribution < -0.4 is 0 Å². The van der Waals surface area contributed by atoms with E-state index in [-0.39, 0.29) is 0 Å². The molecule has 0 aromatic carbocycles. The average molecular weight is 182 g/mol. The summed E-state index contributed by atoms with van der Waals surface area (Å²) in [5, 5.41) is 0. The summed E-state index contributed by atoms with van der Waals surface area (Å²) in [6.45, 7) is 9.81. The third kappa shape index (κ3) is 3.31. The molecule has 0 nitrogen and oxygen atoms in total. The van der Waals surface area contributed by atoms with Gasteiger partial charge in [-0.3, -0.25) is 0 Å². The van der Waals surface area contributed by atoms with Crippen molar-refractivity contribution in [1.29, 1.82) is 0 Å². The average Bonchev–Trinajstić information content (AvgIpc) is 2.56. The molecule has 68 valence electrons. The van der Waals surface area contributed by atoms with Crippen molar-refractivity contribution in [3.63, 3.8) is 0 Å². The molecule has 0 saturated heterocycles. The van der Waals surface area contributed by atoms with E-state index >= 15 is 0 Å². The zero-order chi connectivity index (χ0) is 9.40. The molecule has 0 N–H and O–H groups in total. The quantitative estimate of drug-likeness (QED) is 0.617. The summed E-state index contributed by atoms with van der Waals surface area (Å²) in [5.41, 5.74) is 1.45. The van der Waals surface area contributed by atoms with E-state index in [9.17, 15) is 0 Å². The van der Waals surface area contributed by atoms with Crippen molar-refractivity contribution in [3.8, 4) is 0 Å². The molecule has 0 atom stereocenters. The van der Waals surface area contributed by atoms with E-state index in [1.54, 1.807) is 0 Å². The van der Waals surface area contributed by atoms with Gasteiger partial charge in [-0.15, -0.1) is 11.8 Å². The van der Waals surface area contributed by atoms with E-state index in [0.717, 1.165) is 0 Å². The highest BCUT2D eigenvalue weighted by Gasteiger charge is 2.08. The second kappa shape index (κ2) is 7.23. The van der Waals surface area contributed by atoms with E-state index < -0.39 is 0 Å². The topological polar surface area (TPSA) is 0 Å². The van der Waals surface area contributed by atoms with Gasteiger partial charge in [0.05, 0.1) is 0 Å². The van der Waals surface area contributed by atoms with Crippen molar-refractivity contribution in [2.24, 2.45) is 0 Å². The predicted molar refractivity (Wildman–Crippen MR) is 60.5 cm³/mol. The molecule has 0 aromatic heterocycles. The Morgan fingerprint density at radius 2 is 2.08 bits per heavy atom. The normalized spacial score (nSPS) is 16.2. The monoisotopic (exact) mass is 182 g/mol. The summed E-state index contributed by atoms with van der Waals surface area (Å²) in [6.07, 6.45) is 7.42. The Labute approximate surface area is 80.4 Å². The highest BCUT2D eigenvalue weighted by atomic mass is 32.2. The van der Waals surface area contributed by atoms with Gasteiger partial charge in [0.25, 0.3) is 0 Å². The fourth-order valence-electron chi connectivity index (χ4n) is 1.04. The summed E-state index contributed by atoms with van der Waals surface area (Å²) in [6, 6.07) is 0. The molecule has 0 unspecified atom stereocenters. The first-order valence-electron chi connectivity index (χ1n) is 4.49. The van der Waals surface area contributed by atoms with Crippen molar-refractivity contribution in [2.75, 3.05) is 5.75 Å². The van der Waals surface area contributed by atoms with Crippen LogP contribution in [0.25, 0.3) is 0 Å². The molecule has 0 spiro atoms. The van der Waals surface area contributed by atoms with Gasteiger partial charge in [0, 0.05) is 10.7 Å². The van der Waals surface area contributed by atoms with Gasteiger partial charge in [-0.2, -0.15) is 0 Å². The molecule has 12 heavy (non-hydrogen) atoms. The van der Waals surface area contributed by atoms with Gasteiger partial charge in [0.2, 0.25) is 0 Å². The first kappa shape index (κ1) is 11.6. The Morgan fingerprint density at radius 1 is 1.42 bits per heavy atom. The molecule has 0 bridgehead atoms. The van der Waals surface area contributed by atoms with Crippen LogP contribution in [0.1, 0.15) is 27.2 Å². The first-order chi connectivity index (χ1) is 5.88. The summed E-state index contributed by atoms with van der Waals surface area (Å²) in [5.74, 6) is 1.22. The predicted octanol–water partition coefficient (Wildman–Crippen LogP) is 4.17. The summed E-state index contributed by atoms with van der Waals surface area (Å²) in [4.78, 5) is 1.36. The lowest BCUT2D eigenvalue weighted by Crippen LogP contribution is -1.73. The zero-order valence-electron chi connectivity index (χ0n) is 8.26. The van der Waals surface area contributed by atoms with Gasteiger partial charge in [-0.05, 0) is 18.9 Å². The third-order valence-electron chi connectivity index (χ3n) is 1.50. The number of allylic oxidation sites excluding steroid dienone is 4. The van der Waals surface area contributed by atoms with Gasteiger partial charge in [-0.1, -0.05) is 38.7 Å².